The van der Waals surface area contributed by atoms with Crippen LogP contribution in [-0.2, 0) is 17.9 Å². The third kappa shape index (κ3) is 11.6. The first-order valence-electron chi connectivity index (χ1n) is 15.0. The summed E-state index contributed by atoms with van der Waals surface area (Å²) in [6, 6.07) is 16.1. The molecule has 1 atom stereocenters. The summed E-state index contributed by atoms with van der Waals surface area (Å²) >= 11 is 6.78. The van der Waals surface area contributed by atoms with Crippen LogP contribution in [0.3, 0.4) is 0 Å². The molecule has 238 valence electrons. The number of nitrogens with zero attached hydrogens (tertiary/aromatic N) is 2. The third-order valence-corrected chi connectivity index (χ3v) is 7.94. The molecule has 2 saturated heterocycles. The van der Waals surface area contributed by atoms with Crippen molar-refractivity contribution in [3.05, 3.63) is 100 Å². The number of methoxy groups -OCH3 is 1. The van der Waals surface area contributed by atoms with Crippen molar-refractivity contribution in [1.29, 1.82) is 0 Å². The summed E-state index contributed by atoms with van der Waals surface area (Å²) in [6.07, 6.45) is 12.5. The van der Waals surface area contributed by atoms with Crippen molar-refractivity contribution in [1.82, 2.24) is 9.80 Å². The zero-order valence-corrected chi connectivity index (χ0v) is 26.9. The van der Waals surface area contributed by atoms with Gasteiger partial charge >= 0.3 is 6.68 Å². The molecule has 1 unspecified atom stereocenters. The van der Waals surface area contributed by atoms with Crippen LogP contribution in [0.5, 0.6) is 5.75 Å². The predicted molar refractivity (Wildman–Crippen MR) is 174 cm³/mol. The van der Waals surface area contributed by atoms with E-state index in [-0.39, 0.29) is 11.8 Å². The maximum Gasteiger partial charge on any atom is 0.379 e. The van der Waals surface area contributed by atoms with Crippen LogP contribution in [0.1, 0.15) is 56.7 Å². The second-order valence-electron chi connectivity index (χ2n) is 10.6. The van der Waals surface area contributed by atoms with Crippen molar-refractivity contribution >= 4 is 17.5 Å². The van der Waals surface area contributed by atoms with E-state index in [1.807, 2.05) is 67.3 Å². The Morgan fingerprint density at radius 3 is 2.14 bits per heavy atom. The molecule has 2 heterocycles. The fourth-order valence-electron chi connectivity index (χ4n) is 5.40. The van der Waals surface area contributed by atoms with Crippen LogP contribution in [0, 0.1) is 24.2 Å². The van der Waals surface area contributed by atoms with Gasteiger partial charge in [-0.15, -0.1) is 6.42 Å². The van der Waals surface area contributed by atoms with Gasteiger partial charge in [-0.05, 0) is 85.3 Å². The fourth-order valence-corrected chi connectivity index (χ4v) is 5.81. The second-order valence-corrected chi connectivity index (χ2v) is 11.0. The van der Waals surface area contributed by atoms with E-state index in [2.05, 4.69) is 36.5 Å². The van der Waals surface area contributed by atoms with Gasteiger partial charge in [0.05, 0.1) is 7.11 Å². The molecule has 0 spiro atoms. The van der Waals surface area contributed by atoms with E-state index in [9.17, 15) is 18.0 Å². The van der Waals surface area contributed by atoms with E-state index in [1.165, 1.54) is 5.56 Å². The standard InChI is InChI=1S/C33H37ClN2O2.C2H6.CHF3/c1-5-25-7-9-28(10-8-25)22-35-17-15-27(16-18-35)19-26(6-2)20-31(34)32-24(3)21-36(33(32)37)23-29-11-13-30(38-4)14-12-29;1-2;2-1(3)4/h1,6-14,20,24,27H,2,15-19,21-23H2,3-4H3;1-2H3;1H/b26-20+,32-31-;;. The van der Waals surface area contributed by atoms with Crippen LogP contribution in [0.4, 0.5) is 13.2 Å². The smallest absolute Gasteiger partial charge is 0.379 e. The van der Waals surface area contributed by atoms with Crippen LogP contribution >= 0.6 is 11.6 Å². The van der Waals surface area contributed by atoms with Gasteiger partial charge in [-0.1, -0.05) is 75.2 Å². The van der Waals surface area contributed by atoms with Crippen LogP contribution in [0.25, 0.3) is 0 Å². The Labute approximate surface area is 266 Å². The number of allylic oxidation sites excluding steroid dienone is 4. The summed E-state index contributed by atoms with van der Waals surface area (Å²) in [5.74, 6) is 4.15. The van der Waals surface area contributed by atoms with E-state index in [0.29, 0.717) is 29.6 Å². The molecule has 2 aromatic rings. The highest BCUT2D eigenvalue weighted by Gasteiger charge is 2.34. The van der Waals surface area contributed by atoms with Crippen molar-refractivity contribution in [2.24, 2.45) is 11.8 Å². The highest BCUT2D eigenvalue weighted by Crippen LogP contribution is 2.32. The van der Waals surface area contributed by atoms with Gasteiger partial charge in [-0.3, -0.25) is 9.69 Å². The van der Waals surface area contributed by atoms with Crippen molar-refractivity contribution in [2.75, 3.05) is 26.7 Å². The van der Waals surface area contributed by atoms with Crippen molar-refractivity contribution in [2.45, 2.75) is 59.8 Å². The van der Waals surface area contributed by atoms with Crippen LogP contribution in [0.15, 0.2) is 83.4 Å². The number of hydrogen-bond acceptors (Lipinski definition) is 3. The summed E-state index contributed by atoms with van der Waals surface area (Å²) in [7, 11) is 1.65. The largest absolute Gasteiger partial charge is 0.497 e. The summed E-state index contributed by atoms with van der Waals surface area (Å²) in [4.78, 5) is 17.6. The average Bonchev–Trinajstić information content (AvgIpc) is 3.31. The lowest BCUT2D eigenvalue weighted by Gasteiger charge is -2.32. The van der Waals surface area contributed by atoms with Crippen molar-refractivity contribution in [3.8, 4) is 18.1 Å². The van der Waals surface area contributed by atoms with Crippen molar-refractivity contribution < 1.29 is 22.7 Å². The molecule has 0 radical (unpaired) electrons. The number of terminal acetylenes is 1. The first-order valence-corrected chi connectivity index (χ1v) is 15.4. The molecule has 0 bridgehead atoms. The number of piperidine rings is 1. The van der Waals surface area contributed by atoms with Gasteiger partial charge in [0.1, 0.15) is 5.75 Å². The number of hydrogen-bond donors (Lipinski definition) is 0. The quantitative estimate of drug-likeness (QED) is 0.158. The average molecular weight is 629 g/mol. The molecule has 2 fully saturated rings. The highest BCUT2D eigenvalue weighted by molar-refractivity contribution is 6.33. The number of carbonyl (C=O) groups is 1. The lowest BCUT2D eigenvalue weighted by atomic mass is 9.89. The molecule has 44 heavy (non-hydrogen) atoms. The van der Waals surface area contributed by atoms with Gasteiger partial charge in [-0.25, -0.2) is 0 Å². The molecule has 8 heteroatoms. The SMILES string of the molecule is C#Cc1ccc(CN2CCC(C/C(C=C)=C/C(Cl)=C3/C(=O)N(Cc4ccc(OC)cc4)CC3C)CC2)cc1.CC.FC(F)F. The van der Waals surface area contributed by atoms with E-state index in [4.69, 9.17) is 22.8 Å². The van der Waals surface area contributed by atoms with Crippen molar-refractivity contribution in [3.63, 3.8) is 0 Å². The maximum absolute atomic E-state index is 13.3. The molecule has 4 rings (SSSR count). The van der Waals surface area contributed by atoms with Gasteiger partial charge in [0.2, 0.25) is 0 Å². The number of ether oxygens (including phenoxy) is 1. The summed E-state index contributed by atoms with van der Waals surface area (Å²) in [5, 5.41) is 0.544. The first kappa shape index (κ1) is 36.7. The van der Waals surface area contributed by atoms with Gasteiger partial charge in [-0.2, -0.15) is 13.2 Å². The van der Waals surface area contributed by atoms with Gasteiger partial charge < -0.3 is 9.64 Å². The second kappa shape index (κ2) is 19.0. The van der Waals surface area contributed by atoms with Crippen LogP contribution in [-0.4, -0.2) is 49.1 Å². The Morgan fingerprint density at radius 2 is 1.61 bits per heavy atom. The van der Waals surface area contributed by atoms with Crippen LogP contribution in [0.2, 0.25) is 0 Å². The Balaban J connectivity index is 0.00000104. The zero-order chi connectivity index (χ0) is 32.6. The maximum atomic E-state index is 13.3. The minimum Gasteiger partial charge on any atom is -0.497 e. The Kier molecular flexibility index (Phi) is 15.9. The topological polar surface area (TPSA) is 32.8 Å². The Morgan fingerprint density at radius 1 is 1.07 bits per heavy atom. The van der Waals surface area contributed by atoms with Crippen LogP contribution < -0.4 is 4.74 Å². The monoisotopic (exact) mass is 628 g/mol. The van der Waals surface area contributed by atoms with E-state index >= 15 is 0 Å². The molecular formula is C36H44ClF3N2O2. The number of carbonyl (C=O) groups excluding carboxylic acids is 1. The molecule has 1 amide bonds. The molecule has 0 aromatic heterocycles. The fraction of sp³-hybridized carbons (Fsp3) is 0.417. The van der Waals surface area contributed by atoms with Gasteiger partial charge in [0.25, 0.3) is 5.91 Å². The molecule has 2 aromatic carbocycles. The Bertz CT molecular complexity index is 1290. The molecule has 4 nitrogen and oxygen atoms in total. The molecule has 0 N–H and O–H groups in total. The van der Waals surface area contributed by atoms with E-state index in [1.54, 1.807) is 7.11 Å². The molecule has 0 saturated carbocycles. The number of benzene rings is 2. The normalized spacial score (nSPS) is 18.5. The minimum absolute atomic E-state index is 0.0153. The third-order valence-electron chi connectivity index (χ3n) is 7.63. The molecule has 2 aliphatic rings. The number of alkyl halides is 3. The number of halogens is 4. The summed E-state index contributed by atoms with van der Waals surface area (Å²) < 4.78 is 34.2. The Hall–Kier alpha value is -3.47. The molecular weight excluding hydrogens is 585 g/mol. The summed E-state index contributed by atoms with van der Waals surface area (Å²) in [5.41, 5.74) is 5.08. The van der Waals surface area contributed by atoms with Gasteiger partial charge in [0.15, 0.2) is 0 Å². The number of likely N-dealkylation sites (tertiary alicyclic amines) is 2. The van der Waals surface area contributed by atoms with E-state index in [0.717, 1.165) is 61.3 Å². The number of rotatable bonds is 9. The first-order chi connectivity index (χ1) is 21.1. The van der Waals surface area contributed by atoms with E-state index < -0.39 is 6.68 Å². The zero-order valence-electron chi connectivity index (χ0n) is 26.2. The molecule has 0 aliphatic carbocycles. The molecule has 2 aliphatic heterocycles. The minimum atomic E-state index is -3.67. The van der Waals surface area contributed by atoms with Gasteiger partial charge in [0, 0.05) is 41.7 Å². The lowest BCUT2D eigenvalue weighted by Crippen LogP contribution is -2.33. The summed E-state index contributed by atoms with van der Waals surface area (Å²) in [6.45, 7) is 10.7. The number of amides is 1. The lowest BCUT2D eigenvalue weighted by molar-refractivity contribution is -0.125. The highest BCUT2D eigenvalue weighted by atomic mass is 35.5. The predicted octanol–water partition coefficient (Wildman–Crippen LogP) is 8.77.